The fraction of sp³-hybridized carbons (Fsp3) is 0.837. The summed E-state index contributed by atoms with van der Waals surface area (Å²) in [6, 6.07) is 20.0. The number of halogens is 4. The minimum Gasteiger partial charge on any atom is -0.494 e. The second-order valence-corrected chi connectivity index (χ2v) is 54.1. The number of aromatic nitrogens is 7. The van der Waals surface area contributed by atoms with Crippen LogP contribution in [-0.2, 0) is 52.2 Å². The van der Waals surface area contributed by atoms with Crippen LogP contribution in [0.25, 0.3) is 0 Å². The van der Waals surface area contributed by atoms with Crippen molar-refractivity contribution in [3.05, 3.63) is 121 Å². The number of hydrogen-bond donors (Lipinski definition) is 0. The summed E-state index contributed by atoms with van der Waals surface area (Å²) in [6.45, 7) is 84.8. The molecule has 1 atom stereocenters. The van der Waals surface area contributed by atoms with Crippen LogP contribution in [0.3, 0.4) is 0 Å². The van der Waals surface area contributed by atoms with Gasteiger partial charge in [-0.15, -0.1) is 0 Å². The summed E-state index contributed by atoms with van der Waals surface area (Å²) in [5.74, 6) is 19.7. The first-order valence-electron chi connectivity index (χ1n) is 59.9. The van der Waals surface area contributed by atoms with E-state index in [-0.39, 0.29) is 6.42 Å². The van der Waals surface area contributed by atoms with Crippen LogP contribution in [0.5, 0.6) is 5.75 Å². The van der Waals surface area contributed by atoms with Gasteiger partial charge in [-0.05, 0) is 281 Å². The van der Waals surface area contributed by atoms with Gasteiger partial charge in [0.15, 0.2) is 16.2 Å². The molecule has 5 saturated carbocycles. The molecule has 7 fully saturated rings. The Bertz CT molecular complexity index is 3650. The molecule has 6 heterocycles. The van der Waals surface area contributed by atoms with Crippen molar-refractivity contribution >= 4 is 9.84 Å². The highest BCUT2D eigenvalue weighted by Crippen LogP contribution is 2.42. The Labute approximate surface area is 909 Å². The molecule has 1 unspecified atom stereocenters. The lowest BCUT2D eigenvalue weighted by molar-refractivity contribution is -0.214. The van der Waals surface area contributed by atoms with Crippen LogP contribution in [0, 0.1) is 135 Å². The monoisotopic (exact) mass is 2090 g/mol. The van der Waals surface area contributed by atoms with Gasteiger partial charge < -0.3 is 19.1 Å². The van der Waals surface area contributed by atoms with Crippen molar-refractivity contribution < 1.29 is 40.2 Å². The first-order chi connectivity index (χ1) is 68.8. The second kappa shape index (κ2) is 88.4. The molecule has 0 N–H and O–H groups in total. The van der Waals surface area contributed by atoms with Crippen molar-refractivity contribution in [2.75, 3.05) is 57.6 Å². The number of para-hydroxylation sites is 1. The van der Waals surface area contributed by atoms with Gasteiger partial charge in [-0.2, -0.15) is 23.4 Å². The van der Waals surface area contributed by atoms with E-state index in [2.05, 4.69) is 262 Å². The van der Waals surface area contributed by atoms with Crippen molar-refractivity contribution in [3.63, 3.8) is 0 Å². The molecule has 4 aromatic heterocycles. The molecular formula is C129H242F4N8O5S. The highest BCUT2D eigenvalue weighted by atomic mass is 32.2. The molecule has 2 aliphatic heterocycles. The van der Waals surface area contributed by atoms with Crippen molar-refractivity contribution in [2.24, 2.45) is 142 Å². The fourth-order valence-corrected chi connectivity index (χ4v) is 18.9. The van der Waals surface area contributed by atoms with Crippen LogP contribution in [0.4, 0.5) is 17.6 Å². The van der Waals surface area contributed by atoms with E-state index in [9.17, 15) is 26.0 Å². The smallest absolute Gasteiger partial charge is 0.393 e. The molecule has 862 valence electrons. The van der Waals surface area contributed by atoms with E-state index in [0.29, 0.717) is 65.5 Å². The quantitative estimate of drug-likeness (QED) is 0.0358. The van der Waals surface area contributed by atoms with Crippen LogP contribution < -0.4 is 4.74 Å². The summed E-state index contributed by atoms with van der Waals surface area (Å²) in [5.41, 5.74) is 2.75. The first-order valence-corrected chi connectivity index (χ1v) is 61.7. The standard InChI is InChI=1S/C11H16O.C10H20.C9H17F3.C9H16N2.C9H19NO2S.C9H13N.C9H18.C9H20.C8H12N2.C8H14N2.C8H16O.2C8H16.C7H15FO.C7H14/c1-10(2)8-9-12-11-6-4-3-5-7-11;1-9(2)8-10-6-4-3-5-7-10;1-7(2)5-6-8(3,4)9(10,11)12;1-8(2)4-5-9-6-7-10-11(9)3;1-9(2)3-4-10-5-7-13(11,12)8-6-10;1-8(2)7-9-5-3-4-6-10-9;1-8(2)7-9-5-3-4-6-9;1-8(2)6-7-9(3,4)5;1-7(2)3-8-4-9-6-10-5-8;1-8(2)4-7-10-6-3-5-9-10;1-7(2)8-3-5-9-6-4-8;1-7(2)6-8-4-3-5-8;1-7(2)8-5-3-4-6-8;1-6(2)4-5-9-7(3)8;1-6(2)7-4-3-5-7/h3-7,10H,8-9H2,1-2H3;9-10H,3-8H2,1-2H3;7H,5-6H2,1-4H3;6-8H,4-5H2,1-3H3;9H,3-8H2,1-2H3;3-6,8H,7H2,1-2H3;8-9H,3-7H2,1-2H3;8H,6-7H2,1-5H3;4-7H,3H2,1-2H3;3,5-6,8H,4,7H2,1-2H3;7-8H,3-6H2,1-2H3;2*7-8H,3-6H2,1-2H3;6-7H,4-5H2,1-3H3;6-7H,3-5H2,1-2H3. The largest absolute Gasteiger partial charge is 0.494 e. The molecule has 18 heteroatoms. The zero-order valence-electron chi connectivity index (χ0n) is 103. The van der Waals surface area contributed by atoms with Gasteiger partial charge >= 0.3 is 6.18 Å². The summed E-state index contributed by atoms with van der Waals surface area (Å²) in [7, 11) is -0.700. The Hall–Kier alpha value is -4.78. The SMILES string of the molecule is CC(C)C1CCC1.CC(C)C1CCCC1.CC(C)C1CCOCC1.CC(C)CC1CCC1.CC(C)CC1CCCC1.CC(C)CC1CCCCC1.CC(C)CCC(C)(C)C.CC(C)CCC(C)(C)C(F)(F)F.CC(C)CCN1CCS(=O)(=O)CC1.CC(C)CCOC(C)F.CC(C)CCOc1ccccc1.CC(C)CCc1ccnn1C.CC(C)CCn1cccn1.CC(C)Cc1ccccn1.CC(C)Cc1cncnc1. The maximum absolute atomic E-state index is 12.3. The Morgan fingerprint density at radius 3 is 1.18 bits per heavy atom. The number of rotatable bonds is 35. The summed E-state index contributed by atoms with van der Waals surface area (Å²) in [5, 5.41) is 8.22. The van der Waals surface area contributed by atoms with Crippen molar-refractivity contribution in [2.45, 2.75) is 499 Å². The molecule has 0 amide bonds. The van der Waals surface area contributed by atoms with Crippen molar-refractivity contribution in [1.29, 1.82) is 0 Å². The topological polar surface area (TPSA) is 139 Å². The van der Waals surface area contributed by atoms with E-state index in [1.165, 1.54) is 224 Å². The van der Waals surface area contributed by atoms with Gasteiger partial charge in [-0.25, -0.2) is 22.8 Å². The number of alkyl halides is 4. The molecule has 2 saturated heterocycles. The van der Waals surface area contributed by atoms with Gasteiger partial charge in [0.2, 0.25) is 0 Å². The minimum atomic E-state index is -4.07. The molecule has 13 nitrogen and oxygen atoms in total. The molecule has 12 rings (SSSR count). The third-order valence-corrected chi connectivity index (χ3v) is 29.9. The van der Waals surface area contributed by atoms with Crippen molar-refractivity contribution in [3.8, 4) is 5.75 Å². The number of benzene rings is 1. The number of aryl methyl sites for hydroxylation is 3. The van der Waals surface area contributed by atoms with E-state index in [1.807, 2.05) is 116 Å². The predicted octanol–water partition coefficient (Wildman–Crippen LogP) is 38.6. The lowest BCUT2D eigenvalue weighted by Crippen LogP contribution is -2.40. The maximum atomic E-state index is 12.3. The van der Waals surface area contributed by atoms with Crippen molar-refractivity contribution in [1.82, 2.24) is 39.4 Å². The average molecular weight is 2090 g/mol. The van der Waals surface area contributed by atoms with Crippen LogP contribution in [0.1, 0.15) is 478 Å². The molecule has 0 bridgehead atoms. The molecule has 0 radical (unpaired) electrons. The molecule has 147 heavy (non-hydrogen) atoms. The van der Waals surface area contributed by atoms with E-state index in [4.69, 9.17) is 9.47 Å². The minimum absolute atomic E-state index is 0.216. The number of ether oxygens (including phenoxy) is 3. The second-order valence-electron chi connectivity index (χ2n) is 51.8. The Balaban J connectivity index is -0.00000151. The summed E-state index contributed by atoms with van der Waals surface area (Å²) in [6.07, 6.45) is 55.7. The van der Waals surface area contributed by atoms with Gasteiger partial charge in [0.25, 0.3) is 0 Å². The predicted molar refractivity (Wildman–Crippen MR) is 632 cm³/mol. The Kier molecular flexibility index (Phi) is 88.0. The lowest BCUT2D eigenvalue weighted by Gasteiger charge is -2.28. The highest BCUT2D eigenvalue weighted by Gasteiger charge is 2.46. The molecule has 1 aromatic carbocycles. The lowest BCUT2D eigenvalue weighted by atomic mass is 9.78. The molecule has 7 aliphatic rings. The first kappa shape index (κ1) is 146. The Morgan fingerprint density at radius 1 is 0.415 bits per heavy atom. The summed E-state index contributed by atoms with van der Waals surface area (Å²) < 4.78 is 90.4. The Morgan fingerprint density at radius 2 is 0.830 bits per heavy atom. The molecule has 0 spiro atoms. The fourth-order valence-electron chi connectivity index (χ4n) is 17.6. The van der Waals surface area contributed by atoms with Gasteiger partial charge in [0.05, 0.1) is 30.1 Å². The highest BCUT2D eigenvalue weighted by molar-refractivity contribution is 7.91. The summed E-state index contributed by atoms with van der Waals surface area (Å²) >= 11 is 0. The number of sulfone groups is 1. The van der Waals surface area contributed by atoms with Crippen LogP contribution in [0.15, 0.2) is 104 Å². The van der Waals surface area contributed by atoms with Gasteiger partial charge in [0.1, 0.15) is 12.1 Å². The number of nitrogens with zero attached hydrogens (tertiary/aromatic N) is 8. The molecule has 5 aromatic rings. The zero-order chi connectivity index (χ0) is 112. The number of pyridine rings is 1. The van der Waals surface area contributed by atoms with Gasteiger partial charge in [-0.3, -0.25) is 14.3 Å². The third kappa shape index (κ3) is 94.5. The normalized spacial score (nSPS) is 16.4. The average Bonchev–Trinajstić information content (AvgIpc) is 1.73. The van der Waals surface area contributed by atoms with Crippen LogP contribution in [-0.4, -0.2) is 118 Å². The van der Waals surface area contributed by atoms with Crippen LogP contribution in [0.2, 0.25) is 0 Å². The summed E-state index contributed by atoms with van der Waals surface area (Å²) in [4.78, 5) is 14.3. The third-order valence-electron chi connectivity index (χ3n) is 28.3. The van der Waals surface area contributed by atoms with Gasteiger partial charge in [0, 0.05) is 88.5 Å². The maximum Gasteiger partial charge on any atom is 0.393 e. The van der Waals surface area contributed by atoms with E-state index < -0.39 is 27.8 Å². The van der Waals surface area contributed by atoms with Crippen LogP contribution >= 0.6 is 0 Å². The zero-order valence-corrected chi connectivity index (χ0v) is 104. The van der Waals surface area contributed by atoms with E-state index >= 15 is 0 Å². The molecular weight excluding hydrogens is 1850 g/mol. The molecule has 5 aliphatic carbocycles. The van der Waals surface area contributed by atoms with E-state index in [0.717, 1.165) is 173 Å². The number of hydrogen-bond acceptors (Lipinski definition) is 11. The van der Waals surface area contributed by atoms with Gasteiger partial charge in [-0.1, -0.05) is 401 Å². The van der Waals surface area contributed by atoms with E-state index in [1.54, 1.807) is 6.33 Å².